The van der Waals surface area contributed by atoms with Crippen molar-refractivity contribution < 1.29 is 42.8 Å². The Bertz CT molecular complexity index is 1790. The average molecular weight is 781 g/mol. The van der Waals surface area contributed by atoms with Crippen LogP contribution in [0.3, 0.4) is 0 Å². The number of likely N-dealkylation sites (tertiary alicyclic amines) is 1. The highest BCUT2D eigenvalue weighted by Crippen LogP contribution is 2.36. The van der Waals surface area contributed by atoms with Crippen LogP contribution >= 0.6 is 0 Å². The smallest absolute Gasteiger partial charge is 0.410 e. The molecule has 4 aromatic carbocycles. The monoisotopic (exact) mass is 780 g/mol. The van der Waals surface area contributed by atoms with E-state index in [0.29, 0.717) is 45.5 Å². The molecule has 304 valence electrons. The van der Waals surface area contributed by atoms with Crippen LogP contribution in [-0.4, -0.2) is 72.7 Å². The van der Waals surface area contributed by atoms with Gasteiger partial charge in [0.25, 0.3) is 0 Å². The van der Waals surface area contributed by atoms with E-state index in [1.165, 1.54) is 7.11 Å². The first-order valence-corrected chi connectivity index (χ1v) is 19.6. The molecule has 1 N–H and O–H groups in total. The van der Waals surface area contributed by atoms with Gasteiger partial charge in [0.2, 0.25) is 0 Å². The zero-order valence-corrected chi connectivity index (χ0v) is 33.4. The van der Waals surface area contributed by atoms with Gasteiger partial charge in [-0.1, -0.05) is 134 Å². The Hall–Kier alpha value is -5.23. The summed E-state index contributed by atoms with van der Waals surface area (Å²) in [6.07, 6.45) is -0.483. The van der Waals surface area contributed by atoms with E-state index in [-0.39, 0.29) is 13.2 Å². The molecule has 0 aromatic heterocycles. The number of ether oxygens (including phenoxy) is 6. The van der Waals surface area contributed by atoms with Gasteiger partial charge in [0.15, 0.2) is 0 Å². The highest BCUT2D eigenvalue weighted by atomic mass is 16.6. The number of carbonyl (C=O) groups is 3. The minimum Gasteiger partial charge on any atom is -0.467 e. The molecule has 11 nitrogen and oxygen atoms in total. The zero-order chi connectivity index (χ0) is 40.5. The first-order chi connectivity index (χ1) is 27.6. The van der Waals surface area contributed by atoms with Crippen molar-refractivity contribution in [3.8, 4) is 0 Å². The number of methoxy groups -OCH3 is 1. The van der Waals surface area contributed by atoms with E-state index in [9.17, 15) is 14.4 Å². The lowest BCUT2D eigenvalue weighted by atomic mass is 10.00. The second-order valence-corrected chi connectivity index (χ2v) is 15.1. The number of nitrogens with one attached hydrogen (secondary N) is 1. The van der Waals surface area contributed by atoms with Crippen molar-refractivity contribution in [3.05, 3.63) is 144 Å². The molecule has 0 radical (unpaired) electrons. The largest absolute Gasteiger partial charge is 0.467 e. The fourth-order valence-corrected chi connectivity index (χ4v) is 6.90. The number of benzene rings is 4. The summed E-state index contributed by atoms with van der Waals surface area (Å²) in [7, 11) is 1.29. The Balaban J connectivity index is 1.43. The Labute approximate surface area is 336 Å². The molecule has 11 heteroatoms. The minimum absolute atomic E-state index is 0.0860. The third kappa shape index (κ3) is 13.7. The molecular weight excluding hydrogens is 725 g/mol. The van der Waals surface area contributed by atoms with Crippen molar-refractivity contribution in [2.75, 3.05) is 13.7 Å². The maximum atomic E-state index is 14.4. The van der Waals surface area contributed by atoms with Gasteiger partial charge in [0, 0.05) is 0 Å². The van der Waals surface area contributed by atoms with Gasteiger partial charge in [0.1, 0.15) is 30.5 Å². The molecule has 5 rings (SSSR count). The Morgan fingerprint density at radius 2 is 1.12 bits per heavy atom. The predicted molar refractivity (Wildman–Crippen MR) is 216 cm³/mol. The highest BCUT2D eigenvalue weighted by Gasteiger charge is 2.53. The molecule has 0 saturated carbocycles. The summed E-state index contributed by atoms with van der Waals surface area (Å²) in [6, 6.07) is 37.2. The standard InChI is InChI=1S/C46H56N2O9/c1-46(2,3)57-44(50)47-38(43(49)52-4)27-17-18-28-39-41(54-30-35-21-11-6-12-22-35)42(55-31-36-23-13-7-14-24-36)40(33-53-29-34-19-9-5-10-20-34)48(39)45(51)56-32-37-25-15-8-16-26-37/h5-16,19-26,38-42H,17-18,27-33H2,1-4H3,(H,47,50)/t38-,39-,40-,41-,42+/m0/s1. The third-order valence-corrected chi connectivity index (χ3v) is 9.60. The predicted octanol–water partition coefficient (Wildman–Crippen LogP) is 8.39. The maximum Gasteiger partial charge on any atom is 0.410 e. The number of carbonyl (C=O) groups excluding carboxylic acids is 3. The van der Waals surface area contributed by atoms with E-state index >= 15 is 0 Å². The Morgan fingerprint density at radius 1 is 0.649 bits per heavy atom. The molecule has 0 aliphatic carbocycles. The topological polar surface area (TPSA) is 122 Å². The van der Waals surface area contributed by atoms with Crippen LogP contribution in [0.2, 0.25) is 0 Å². The number of alkyl carbamates (subject to hydrolysis) is 1. The van der Waals surface area contributed by atoms with Crippen LogP contribution in [0.5, 0.6) is 0 Å². The summed E-state index contributed by atoms with van der Waals surface area (Å²) in [5.74, 6) is -0.568. The first-order valence-electron chi connectivity index (χ1n) is 19.6. The lowest BCUT2D eigenvalue weighted by molar-refractivity contribution is -0.143. The minimum atomic E-state index is -0.911. The summed E-state index contributed by atoms with van der Waals surface area (Å²) in [5.41, 5.74) is 3.09. The highest BCUT2D eigenvalue weighted by molar-refractivity contribution is 5.81. The average Bonchev–Trinajstić information content (AvgIpc) is 3.51. The molecule has 57 heavy (non-hydrogen) atoms. The summed E-state index contributed by atoms with van der Waals surface area (Å²) in [6.45, 7) is 6.45. The normalized spacial score (nSPS) is 18.4. The lowest BCUT2D eigenvalue weighted by Gasteiger charge is -2.31. The summed E-state index contributed by atoms with van der Waals surface area (Å²) in [5, 5.41) is 2.66. The fourth-order valence-electron chi connectivity index (χ4n) is 6.90. The van der Waals surface area contributed by atoms with Gasteiger partial charge in [-0.15, -0.1) is 0 Å². The molecular formula is C46H56N2O9. The number of nitrogens with zero attached hydrogens (tertiary/aromatic N) is 1. The van der Waals surface area contributed by atoms with Crippen molar-refractivity contribution in [1.29, 1.82) is 0 Å². The van der Waals surface area contributed by atoms with Gasteiger partial charge in [-0.05, 0) is 55.9 Å². The number of amides is 2. The number of hydrogen-bond acceptors (Lipinski definition) is 9. The molecule has 1 fully saturated rings. The van der Waals surface area contributed by atoms with Crippen molar-refractivity contribution in [2.24, 2.45) is 0 Å². The summed E-state index contributed by atoms with van der Waals surface area (Å²) < 4.78 is 36.4. The van der Waals surface area contributed by atoms with Crippen molar-refractivity contribution in [2.45, 2.75) is 109 Å². The lowest BCUT2D eigenvalue weighted by Crippen LogP contribution is -2.46. The molecule has 2 amide bonds. The van der Waals surface area contributed by atoms with Crippen LogP contribution in [0.15, 0.2) is 121 Å². The van der Waals surface area contributed by atoms with E-state index in [1.807, 2.05) is 121 Å². The molecule has 0 unspecified atom stereocenters. The molecule has 1 heterocycles. The van der Waals surface area contributed by atoms with Crippen molar-refractivity contribution in [1.82, 2.24) is 10.2 Å². The van der Waals surface area contributed by atoms with Gasteiger partial charge in [-0.3, -0.25) is 4.90 Å². The number of unbranched alkanes of at least 4 members (excludes halogenated alkanes) is 1. The molecule has 1 aliphatic heterocycles. The zero-order valence-electron chi connectivity index (χ0n) is 33.4. The summed E-state index contributed by atoms with van der Waals surface area (Å²) >= 11 is 0. The van der Waals surface area contributed by atoms with E-state index in [0.717, 1.165) is 22.3 Å². The van der Waals surface area contributed by atoms with E-state index < -0.39 is 54.1 Å². The SMILES string of the molecule is COC(=O)[C@H](CCCC[C@H]1[C@H](OCc2ccccc2)[C@H](OCc2ccccc2)[C@H](COCc2ccccc2)N1C(=O)OCc1ccccc1)NC(=O)OC(C)(C)C. The molecule has 5 atom stereocenters. The van der Waals surface area contributed by atoms with Gasteiger partial charge in [0.05, 0.1) is 45.6 Å². The van der Waals surface area contributed by atoms with Crippen LogP contribution in [-0.2, 0) is 59.6 Å². The molecule has 0 bridgehead atoms. The summed E-state index contributed by atoms with van der Waals surface area (Å²) in [4.78, 5) is 41.5. The van der Waals surface area contributed by atoms with Gasteiger partial charge in [-0.2, -0.15) is 0 Å². The van der Waals surface area contributed by atoms with Gasteiger partial charge >= 0.3 is 18.2 Å². The molecule has 1 aliphatic rings. The second-order valence-electron chi connectivity index (χ2n) is 15.1. The van der Waals surface area contributed by atoms with Gasteiger partial charge < -0.3 is 33.7 Å². The molecule has 1 saturated heterocycles. The number of rotatable bonds is 19. The second kappa shape index (κ2) is 21.9. The molecule has 0 spiro atoms. The van der Waals surface area contributed by atoms with Crippen LogP contribution in [0.25, 0.3) is 0 Å². The van der Waals surface area contributed by atoms with Crippen LogP contribution in [0.1, 0.15) is 68.7 Å². The number of esters is 1. The van der Waals surface area contributed by atoms with Crippen LogP contribution < -0.4 is 5.32 Å². The van der Waals surface area contributed by atoms with E-state index in [2.05, 4.69) is 5.32 Å². The van der Waals surface area contributed by atoms with E-state index in [1.54, 1.807) is 25.7 Å². The van der Waals surface area contributed by atoms with Gasteiger partial charge in [-0.25, -0.2) is 14.4 Å². The van der Waals surface area contributed by atoms with E-state index in [4.69, 9.17) is 28.4 Å². The first kappa shape index (κ1) is 42.9. The molecule has 4 aromatic rings. The number of hydrogen-bond donors (Lipinski definition) is 1. The van der Waals surface area contributed by atoms with Crippen LogP contribution in [0.4, 0.5) is 9.59 Å². The van der Waals surface area contributed by atoms with Crippen LogP contribution in [0, 0.1) is 0 Å². The maximum absolute atomic E-state index is 14.4. The van der Waals surface area contributed by atoms with Crippen molar-refractivity contribution in [3.63, 3.8) is 0 Å². The Kier molecular flexibility index (Phi) is 16.5. The fraction of sp³-hybridized carbons (Fsp3) is 0.413. The third-order valence-electron chi connectivity index (χ3n) is 9.60. The quantitative estimate of drug-likeness (QED) is 0.0568. The Morgan fingerprint density at radius 3 is 1.61 bits per heavy atom. The van der Waals surface area contributed by atoms with Crippen molar-refractivity contribution >= 4 is 18.2 Å².